The van der Waals surface area contributed by atoms with Gasteiger partial charge < -0.3 is 34.6 Å². The van der Waals surface area contributed by atoms with Gasteiger partial charge in [-0.3, -0.25) is 19.9 Å². The van der Waals surface area contributed by atoms with E-state index in [2.05, 4.69) is 70.7 Å². The molecule has 5 aromatic rings. The third kappa shape index (κ3) is 9.67. The van der Waals surface area contributed by atoms with Gasteiger partial charge in [0.1, 0.15) is 36.2 Å². The number of rotatable bonds is 11. The number of imide groups is 1. The van der Waals surface area contributed by atoms with Crippen molar-refractivity contribution in [2.24, 2.45) is 5.41 Å². The molecule has 3 N–H and O–H groups in total. The molecule has 2 amide bonds. The van der Waals surface area contributed by atoms with Crippen LogP contribution in [0.4, 0.5) is 47.7 Å². The van der Waals surface area contributed by atoms with Crippen LogP contribution in [0.2, 0.25) is 0 Å². The summed E-state index contributed by atoms with van der Waals surface area (Å²) in [5, 5.41) is 9.89. The van der Waals surface area contributed by atoms with Crippen molar-refractivity contribution in [2.45, 2.75) is 83.6 Å². The quantitative estimate of drug-likeness (QED) is 0.0856. The highest BCUT2D eigenvalue weighted by molar-refractivity contribution is 9.10. The van der Waals surface area contributed by atoms with E-state index in [9.17, 15) is 18.5 Å². The number of anilines is 6. The third-order valence-electron chi connectivity index (χ3n) is 14.7. The number of methoxy groups -OCH3 is 1. The maximum atomic E-state index is 15.3. The predicted octanol–water partition coefficient (Wildman–Crippen LogP) is 9.69. The fourth-order valence-electron chi connectivity index (χ4n) is 10.8. The highest BCUT2D eigenvalue weighted by Crippen LogP contribution is 2.46. The molecule has 360 valence electrons. The summed E-state index contributed by atoms with van der Waals surface area (Å²) in [5.41, 5.74) is 4.96. The number of nitrogens with zero attached hydrogens (tertiary/aromatic N) is 6. The van der Waals surface area contributed by atoms with Crippen LogP contribution in [0.1, 0.15) is 81.0 Å². The number of likely N-dealkylation sites (tertiary alicyclic amines) is 1. The molecular weight excluding hydrogens is 958 g/mol. The van der Waals surface area contributed by atoms with E-state index in [4.69, 9.17) is 9.72 Å². The molecule has 6 heterocycles. The first-order chi connectivity index (χ1) is 32.5. The summed E-state index contributed by atoms with van der Waals surface area (Å²) in [6.45, 7) is 12.4. The van der Waals surface area contributed by atoms with Gasteiger partial charge in [-0.25, -0.2) is 18.2 Å². The minimum absolute atomic E-state index is 0.0600. The van der Waals surface area contributed by atoms with E-state index >= 15 is 8.78 Å². The smallest absolute Gasteiger partial charge is 0.234 e. The Morgan fingerprint density at radius 1 is 0.868 bits per heavy atom. The number of hydrogen-bond acceptors (Lipinski definition) is 12. The number of aromatic nitrogens is 3. The molecule has 2 aromatic heterocycles. The van der Waals surface area contributed by atoms with Crippen LogP contribution < -0.4 is 35.8 Å². The van der Waals surface area contributed by atoms with Crippen molar-refractivity contribution in [1.29, 1.82) is 0 Å². The van der Waals surface area contributed by atoms with Crippen LogP contribution in [-0.4, -0.2) is 97.4 Å². The topological polar surface area (TPSA) is 145 Å². The van der Waals surface area contributed by atoms with E-state index in [1.54, 1.807) is 45.7 Å². The van der Waals surface area contributed by atoms with Crippen LogP contribution >= 0.6 is 23.1 Å². The van der Waals surface area contributed by atoms with Gasteiger partial charge in [0.05, 0.1) is 40.1 Å². The molecule has 4 saturated heterocycles. The number of ether oxygens (including phenoxy) is 1. The molecule has 1 spiro atoms. The Morgan fingerprint density at radius 3 is 2.21 bits per heavy atom. The molecule has 68 heavy (non-hydrogen) atoms. The number of piperidine rings is 4. The predicted molar refractivity (Wildman–Crippen MR) is 266 cm³/mol. The summed E-state index contributed by atoms with van der Waals surface area (Å²) in [7, 11) is -1.27. The zero-order chi connectivity index (χ0) is 48.1. The number of carbonyl (C=O) groups excluding carboxylic acids is 2. The first-order valence-corrected chi connectivity index (χ1v) is 26.9. The van der Waals surface area contributed by atoms with E-state index in [1.165, 1.54) is 23.8 Å². The van der Waals surface area contributed by atoms with Crippen molar-refractivity contribution < 1.29 is 32.1 Å². The Balaban J connectivity index is 0.814. The van der Waals surface area contributed by atoms with Crippen molar-refractivity contribution in [1.82, 2.24) is 25.2 Å². The summed E-state index contributed by atoms with van der Waals surface area (Å²) < 4.78 is 65.6. The lowest BCUT2D eigenvalue weighted by molar-refractivity contribution is -0.134. The molecule has 0 bridgehead atoms. The fraction of sp³-hybridized carbons (Fsp3) is 0.460. The van der Waals surface area contributed by atoms with E-state index < -0.39 is 42.3 Å². The van der Waals surface area contributed by atoms with Crippen LogP contribution in [0.25, 0.3) is 10.9 Å². The lowest BCUT2D eigenvalue weighted by Crippen LogP contribution is -2.52. The zero-order valence-electron chi connectivity index (χ0n) is 39.2. The van der Waals surface area contributed by atoms with Crippen molar-refractivity contribution in [2.75, 3.05) is 80.1 Å². The second-order valence-electron chi connectivity index (χ2n) is 19.2. The van der Waals surface area contributed by atoms with Gasteiger partial charge >= 0.3 is 0 Å². The van der Waals surface area contributed by atoms with Gasteiger partial charge in [-0.2, -0.15) is 4.98 Å². The molecule has 0 aliphatic carbocycles. The monoisotopic (exact) mass is 1020 g/mol. The number of fused-ring (bicyclic) bond motifs is 1. The van der Waals surface area contributed by atoms with Crippen LogP contribution in [-0.2, 0) is 20.6 Å². The number of carbonyl (C=O) groups is 2. The largest absolute Gasteiger partial charge is 0.494 e. The Kier molecular flexibility index (Phi) is 13.5. The molecule has 13 nitrogen and oxygen atoms in total. The lowest BCUT2D eigenvalue weighted by Gasteiger charge is -2.50. The normalized spacial score (nSPS) is 19.4. The summed E-state index contributed by atoms with van der Waals surface area (Å²) >= 11 is 3.57. The lowest BCUT2D eigenvalue weighted by atomic mass is 9.70. The Hall–Kier alpha value is -5.25. The van der Waals surface area contributed by atoms with Gasteiger partial charge in [0.25, 0.3) is 0 Å². The molecule has 0 radical (unpaired) electrons. The van der Waals surface area contributed by atoms with Gasteiger partial charge in [-0.15, -0.1) is 0 Å². The van der Waals surface area contributed by atoms with Gasteiger partial charge in [-0.05, 0) is 148 Å². The summed E-state index contributed by atoms with van der Waals surface area (Å²) in [6.07, 6.45) is 8.92. The second kappa shape index (κ2) is 19.3. The number of pyridine rings is 1. The van der Waals surface area contributed by atoms with Gasteiger partial charge in [-0.1, -0.05) is 6.92 Å². The molecule has 0 saturated carbocycles. The number of aryl methyl sites for hydroxylation is 2. The van der Waals surface area contributed by atoms with E-state index in [0.29, 0.717) is 74.1 Å². The summed E-state index contributed by atoms with van der Waals surface area (Å²) in [5.74, 6) is -2.59. The third-order valence-corrected chi connectivity index (χ3v) is 16.8. The standard InChI is InChI=1S/C50H58BrF3N9O4P/c1-6-30-23-41(58-49-55-28-35(51)47(60-49)57-40-9-8-39-34(46(40)68(4,5)66)26-36(52)29(2)56-39)43(67-3)27-42(30)63-21-15-50(16-22-63)13-19-62(20-14-50)31-11-17-61(18-12-31)32-24-37(53)45(38(54)25-32)33-7-10-44(64)59-48(33)65/h8-9,23-28,31,33H,6-7,10-22H2,1-5H3,(H,59,64,65)(H2,55,57,58,60)/t33-/m1/s1. The molecule has 1 atom stereocenters. The van der Waals surface area contributed by atoms with E-state index in [0.717, 1.165) is 82.5 Å². The summed E-state index contributed by atoms with van der Waals surface area (Å²) in [4.78, 5) is 44.8. The van der Waals surface area contributed by atoms with Crippen LogP contribution in [0, 0.1) is 29.8 Å². The van der Waals surface area contributed by atoms with Crippen LogP contribution in [0.3, 0.4) is 0 Å². The Morgan fingerprint density at radius 2 is 1.56 bits per heavy atom. The molecule has 4 aliphatic heterocycles. The molecule has 4 aliphatic rings. The van der Waals surface area contributed by atoms with Crippen LogP contribution in [0.5, 0.6) is 5.75 Å². The maximum Gasteiger partial charge on any atom is 0.234 e. The van der Waals surface area contributed by atoms with Crippen molar-refractivity contribution in [3.63, 3.8) is 0 Å². The number of halogens is 4. The molecular formula is C50H58BrF3N9O4P. The minimum Gasteiger partial charge on any atom is -0.494 e. The highest BCUT2D eigenvalue weighted by Gasteiger charge is 2.40. The second-order valence-corrected chi connectivity index (χ2v) is 23.2. The first-order valence-electron chi connectivity index (χ1n) is 23.5. The minimum atomic E-state index is -2.92. The average Bonchev–Trinajstić information content (AvgIpc) is 3.31. The van der Waals surface area contributed by atoms with Crippen molar-refractivity contribution >= 4 is 85.6 Å². The van der Waals surface area contributed by atoms with Crippen molar-refractivity contribution in [3.05, 3.63) is 87.4 Å². The fourth-order valence-corrected chi connectivity index (χ4v) is 12.6. The number of nitrogens with one attached hydrogen (secondary N) is 3. The zero-order valence-corrected chi connectivity index (χ0v) is 41.6. The van der Waals surface area contributed by atoms with Crippen molar-refractivity contribution in [3.8, 4) is 5.75 Å². The average molecular weight is 1020 g/mol. The number of amides is 2. The van der Waals surface area contributed by atoms with E-state index in [1.807, 2.05) is 4.90 Å². The summed E-state index contributed by atoms with van der Waals surface area (Å²) in [6, 6.07) is 12.3. The van der Waals surface area contributed by atoms with Gasteiger partial charge in [0.2, 0.25) is 17.8 Å². The maximum absolute atomic E-state index is 15.3. The van der Waals surface area contributed by atoms with Gasteiger partial charge in [0, 0.05) is 78.5 Å². The van der Waals surface area contributed by atoms with Crippen LogP contribution in [0.15, 0.2) is 53.1 Å². The highest BCUT2D eigenvalue weighted by atomic mass is 79.9. The number of hydrogen-bond donors (Lipinski definition) is 3. The molecule has 3 aromatic carbocycles. The Bertz CT molecular complexity index is 2800. The van der Waals surface area contributed by atoms with Gasteiger partial charge in [0.15, 0.2) is 0 Å². The molecule has 18 heteroatoms. The molecule has 4 fully saturated rings. The molecule has 0 unspecified atom stereocenters. The first kappa shape index (κ1) is 47.8. The SMILES string of the molecule is CCc1cc(Nc2ncc(Br)c(Nc3ccc4nc(C)c(F)cc4c3P(C)(C)=O)n2)c(OC)cc1N1CCC2(CC1)CCN(C1CCN(c3cc(F)c([C@H]4CCC(=O)NC4=O)c(F)c3)CC1)CC2. The molecule has 9 rings (SSSR count). The number of benzene rings is 3. The van der Waals surface area contributed by atoms with E-state index in [-0.39, 0.29) is 24.1 Å². The Labute approximate surface area is 403 Å².